The molecular formula is C44H55N9O5. The highest BCUT2D eigenvalue weighted by Crippen LogP contribution is 2.39. The Kier molecular flexibility index (Phi) is 11.7. The van der Waals surface area contributed by atoms with Gasteiger partial charge in [0.05, 0.1) is 30.2 Å². The van der Waals surface area contributed by atoms with Gasteiger partial charge >= 0.3 is 12.5 Å². The van der Waals surface area contributed by atoms with Crippen molar-refractivity contribution in [1.82, 2.24) is 34.6 Å². The minimum Gasteiger partial charge on any atom is -0.484 e. The molecule has 0 unspecified atom stereocenters. The lowest BCUT2D eigenvalue weighted by Gasteiger charge is -2.34. The number of fused-ring (bicyclic) bond motifs is 2. The quantitative estimate of drug-likeness (QED) is 0.109. The third kappa shape index (κ3) is 8.53. The number of ether oxygens (including phenoxy) is 2. The monoisotopic (exact) mass is 789 g/mol. The minimum atomic E-state index is -0.579. The van der Waals surface area contributed by atoms with Crippen LogP contribution in [0.15, 0.2) is 72.9 Å². The van der Waals surface area contributed by atoms with Crippen molar-refractivity contribution in [3.63, 3.8) is 0 Å². The van der Waals surface area contributed by atoms with Gasteiger partial charge in [0.2, 0.25) is 5.95 Å². The molecule has 3 aliphatic rings. The van der Waals surface area contributed by atoms with Crippen LogP contribution in [0.1, 0.15) is 101 Å². The summed E-state index contributed by atoms with van der Waals surface area (Å²) in [6, 6.07) is 21.3. The van der Waals surface area contributed by atoms with E-state index in [1.807, 2.05) is 59.1 Å². The maximum absolute atomic E-state index is 14.3. The van der Waals surface area contributed by atoms with E-state index < -0.39 is 6.03 Å². The van der Waals surface area contributed by atoms with Crippen LogP contribution in [0.25, 0.3) is 11.3 Å². The molecule has 2 amide bonds. The maximum Gasteiger partial charge on any atom is 0.357 e. The highest BCUT2D eigenvalue weighted by molar-refractivity contribution is 5.90. The molecule has 14 heteroatoms. The molecule has 5 heterocycles. The second-order valence-corrected chi connectivity index (χ2v) is 16.7. The fourth-order valence-corrected chi connectivity index (χ4v) is 8.39. The first kappa shape index (κ1) is 39.4. The van der Waals surface area contributed by atoms with Gasteiger partial charge in [-0.25, -0.2) is 9.48 Å². The van der Waals surface area contributed by atoms with E-state index in [-0.39, 0.29) is 24.0 Å². The Morgan fingerprint density at radius 1 is 0.948 bits per heavy atom. The number of amides is 2. The molecule has 0 radical (unpaired) electrons. The summed E-state index contributed by atoms with van der Waals surface area (Å²) in [5.41, 5.74) is 5.01. The molecule has 5 aromatic rings. The molecule has 2 saturated heterocycles. The van der Waals surface area contributed by atoms with Gasteiger partial charge in [0.15, 0.2) is 11.5 Å². The fourth-order valence-electron chi connectivity index (χ4n) is 8.39. The highest BCUT2D eigenvalue weighted by Gasteiger charge is 2.34. The number of carbonyl (C=O) groups is 2. The molecule has 1 N–H and O–H groups in total. The molecule has 2 aliphatic heterocycles. The van der Waals surface area contributed by atoms with Crippen molar-refractivity contribution in [2.45, 2.75) is 96.2 Å². The summed E-state index contributed by atoms with van der Waals surface area (Å²) in [6.07, 6.45) is 8.36. The molecule has 306 valence electrons. The van der Waals surface area contributed by atoms with Crippen molar-refractivity contribution in [3.8, 4) is 11.4 Å². The van der Waals surface area contributed by atoms with Crippen LogP contribution in [-0.4, -0.2) is 87.2 Å². The zero-order valence-electron chi connectivity index (χ0n) is 34.0. The molecule has 2 fully saturated rings. The van der Waals surface area contributed by atoms with Crippen LogP contribution in [-0.2, 0) is 26.2 Å². The van der Waals surface area contributed by atoms with Crippen molar-refractivity contribution >= 4 is 29.9 Å². The van der Waals surface area contributed by atoms with Crippen LogP contribution in [0.5, 0.6) is 5.75 Å². The van der Waals surface area contributed by atoms with Crippen molar-refractivity contribution < 1.29 is 23.9 Å². The summed E-state index contributed by atoms with van der Waals surface area (Å²) in [5.74, 6) is 1.88. The Morgan fingerprint density at radius 2 is 1.81 bits per heavy atom. The van der Waals surface area contributed by atoms with Crippen LogP contribution < -0.4 is 20.0 Å². The number of nitrogens with zero attached hydrogens (tertiary/aromatic N) is 8. The molecule has 3 aromatic heterocycles. The number of hydroxylamine groups is 1. The third-order valence-corrected chi connectivity index (χ3v) is 11.6. The largest absolute Gasteiger partial charge is 0.484 e. The predicted octanol–water partition coefficient (Wildman–Crippen LogP) is 7.12. The van der Waals surface area contributed by atoms with Gasteiger partial charge in [0.1, 0.15) is 11.9 Å². The van der Waals surface area contributed by atoms with E-state index in [1.54, 1.807) is 4.68 Å². The van der Waals surface area contributed by atoms with Crippen molar-refractivity contribution in [1.29, 1.82) is 0 Å². The number of benzene rings is 2. The summed E-state index contributed by atoms with van der Waals surface area (Å²) < 4.78 is 16.1. The van der Waals surface area contributed by atoms with Crippen LogP contribution in [0.4, 0.5) is 16.6 Å². The molecule has 0 saturated carbocycles. The van der Waals surface area contributed by atoms with Crippen LogP contribution in [0.3, 0.4) is 0 Å². The summed E-state index contributed by atoms with van der Waals surface area (Å²) in [5, 5.41) is 18.1. The Labute approximate surface area is 340 Å². The normalized spacial score (nSPS) is 20.3. The fraction of sp³-hybridized carbons (Fsp3) is 0.477. The van der Waals surface area contributed by atoms with Crippen molar-refractivity contribution in [2.24, 2.45) is 0 Å². The molecule has 3 atom stereocenters. The topological polar surface area (TPSA) is 132 Å². The Balaban J connectivity index is 1.02. The van der Waals surface area contributed by atoms with E-state index in [4.69, 9.17) is 19.4 Å². The number of urea groups is 1. The van der Waals surface area contributed by atoms with E-state index in [9.17, 15) is 9.59 Å². The van der Waals surface area contributed by atoms with Gasteiger partial charge in [-0.05, 0) is 92.8 Å². The minimum absolute atomic E-state index is 0.242. The molecule has 58 heavy (non-hydrogen) atoms. The molecule has 2 aromatic carbocycles. The molecule has 0 spiro atoms. The summed E-state index contributed by atoms with van der Waals surface area (Å²) in [7, 11) is 0. The van der Waals surface area contributed by atoms with E-state index >= 15 is 0 Å². The molecule has 8 rings (SSSR count). The van der Waals surface area contributed by atoms with Crippen LogP contribution >= 0.6 is 0 Å². The van der Waals surface area contributed by atoms with E-state index in [0.29, 0.717) is 24.7 Å². The molecular weight excluding hydrogens is 735 g/mol. The maximum atomic E-state index is 14.3. The highest BCUT2D eigenvalue weighted by atomic mass is 16.7. The molecule has 14 nitrogen and oxygen atoms in total. The van der Waals surface area contributed by atoms with Gasteiger partial charge in [-0.1, -0.05) is 57.2 Å². The lowest BCUT2D eigenvalue weighted by Crippen LogP contribution is -2.43. The Hall–Kier alpha value is -5.47. The Bertz CT molecular complexity index is 2200. The SMILES string of the molecule is C[C@H]1CCCCN1c1nnc2ccc(O[C@@H]3CC[C@H](NC(=O)N(OC=O)c4cc(C(C)(C)C)nn4-c4cccc(CCN5CCCOCC5)c4)c4ccccc43)cn12. The number of piperidine rings is 1. The zero-order chi connectivity index (χ0) is 40.2. The van der Waals surface area contributed by atoms with Gasteiger partial charge < -0.3 is 29.4 Å². The first-order chi connectivity index (χ1) is 28.2. The summed E-state index contributed by atoms with van der Waals surface area (Å²) in [6.45, 7) is 14.1. The van der Waals surface area contributed by atoms with Crippen molar-refractivity contribution in [3.05, 3.63) is 95.3 Å². The number of nitrogens with one attached hydrogen (secondary N) is 1. The van der Waals surface area contributed by atoms with E-state index in [2.05, 4.69) is 71.2 Å². The average molecular weight is 790 g/mol. The van der Waals surface area contributed by atoms with Gasteiger partial charge in [0, 0.05) is 50.3 Å². The van der Waals surface area contributed by atoms with E-state index in [1.165, 1.54) is 6.42 Å². The smallest absolute Gasteiger partial charge is 0.357 e. The third-order valence-electron chi connectivity index (χ3n) is 11.6. The molecule has 0 bridgehead atoms. The second-order valence-electron chi connectivity index (χ2n) is 16.7. The number of rotatable bonds is 11. The second kappa shape index (κ2) is 17.2. The molecule has 1 aliphatic carbocycles. The number of hydrogen-bond acceptors (Lipinski definition) is 10. The van der Waals surface area contributed by atoms with Crippen molar-refractivity contribution in [2.75, 3.05) is 49.4 Å². The average Bonchev–Trinajstić information content (AvgIpc) is 3.77. The van der Waals surface area contributed by atoms with Crippen LogP contribution in [0.2, 0.25) is 0 Å². The standard InChI is InChI=1S/C44H55N9O5/c1-31-11-7-8-22-50(31)42-47-46-40-19-16-34(29-51(40)42)58-38-18-17-37(35-14-5-6-15-36(35)38)45-43(55)53(57-30-54)41-28-39(44(2,3)4)48-52(41)33-13-9-12-32(27-33)20-23-49-21-10-25-56-26-24-49/h5-6,9,12-16,19,27-31,37-38H,7-8,10-11,17-18,20-26H2,1-4H3,(H,45,55)/t31-,37-,38+/m0/s1. The summed E-state index contributed by atoms with van der Waals surface area (Å²) >= 11 is 0. The number of hydrogen-bond donors (Lipinski definition) is 1. The predicted molar refractivity (Wildman–Crippen MR) is 221 cm³/mol. The number of anilines is 2. The number of pyridine rings is 1. The van der Waals surface area contributed by atoms with Gasteiger partial charge in [-0.2, -0.15) is 5.10 Å². The number of carbonyl (C=O) groups excluding carboxylic acids is 2. The lowest BCUT2D eigenvalue weighted by molar-refractivity contribution is -0.129. The van der Waals surface area contributed by atoms with Crippen LogP contribution in [0, 0.1) is 0 Å². The zero-order valence-corrected chi connectivity index (χ0v) is 34.0. The Morgan fingerprint density at radius 3 is 2.64 bits per heavy atom. The van der Waals surface area contributed by atoms with Gasteiger partial charge in [0.25, 0.3) is 0 Å². The van der Waals surface area contributed by atoms with E-state index in [0.717, 1.165) is 116 Å². The summed E-state index contributed by atoms with van der Waals surface area (Å²) in [4.78, 5) is 36.6. The first-order valence-corrected chi connectivity index (χ1v) is 20.7. The first-order valence-electron chi connectivity index (χ1n) is 20.7. The number of aromatic nitrogens is 5. The van der Waals surface area contributed by atoms with Gasteiger partial charge in [-0.15, -0.1) is 15.3 Å². The van der Waals surface area contributed by atoms with Gasteiger partial charge in [-0.3, -0.25) is 9.20 Å². The lowest BCUT2D eigenvalue weighted by atomic mass is 9.85.